The van der Waals surface area contributed by atoms with Crippen molar-refractivity contribution in [3.8, 4) is 0 Å². The number of aromatic nitrogens is 3. The van der Waals surface area contributed by atoms with Crippen molar-refractivity contribution >= 4 is 45.9 Å². The standard InChI is InChI=1S/C22H17ClN4O2S/c23-16-7-9-17(10-8-16)25-20(28)14-30-22-26-19-6-2-1-5-18(19)21(29)27(22)13-15-4-3-11-24-12-15/h1-12H,13-14H2,(H,25,28). The second kappa shape index (κ2) is 9.11. The van der Waals surface area contributed by atoms with Gasteiger partial charge in [-0.15, -0.1) is 0 Å². The number of nitrogens with one attached hydrogen (secondary N) is 1. The number of halogens is 1. The van der Waals surface area contributed by atoms with Gasteiger partial charge in [-0.1, -0.05) is 41.6 Å². The summed E-state index contributed by atoms with van der Waals surface area (Å²) in [6, 6.07) is 17.8. The summed E-state index contributed by atoms with van der Waals surface area (Å²) in [7, 11) is 0. The largest absolute Gasteiger partial charge is 0.325 e. The quantitative estimate of drug-likeness (QED) is 0.361. The summed E-state index contributed by atoms with van der Waals surface area (Å²) in [5.41, 5.74) is 1.99. The SMILES string of the molecule is O=C(CSc1nc2ccccc2c(=O)n1Cc1cccnc1)Nc1ccc(Cl)cc1. The van der Waals surface area contributed by atoms with E-state index in [0.29, 0.717) is 33.3 Å². The molecule has 8 heteroatoms. The summed E-state index contributed by atoms with van der Waals surface area (Å²) in [5.74, 6) is -0.0851. The van der Waals surface area contributed by atoms with Crippen molar-refractivity contribution in [2.75, 3.05) is 11.1 Å². The van der Waals surface area contributed by atoms with Crippen molar-refractivity contribution in [2.24, 2.45) is 0 Å². The maximum atomic E-state index is 13.1. The molecular formula is C22H17ClN4O2S. The molecule has 0 aliphatic heterocycles. The molecule has 30 heavy (non-hydrogen) atoms. The third-order valence-electron chi connectivity index (χ3n) is 4.35. The molecule has 0 bridgehead atoms. The Bertz CT molecular complexity index is 1240. The Hall–Kier alpha value is -3.16. The lowest BCUT2D eigenvalue weighted by atomic mass is 10.2. The summed E-state index contributed by atoms with van der Waals surface area (Å²) in [4.78, 5) is 34.2. The fourth-order valence-corrected chi connectivity index (χ4v) is 3.86. The van der Waals surface area contributed by atoms with Gasteiger partial charge in [0.25, 0.3) is 5.56 Å². The maximum absolute atomic E-state index is 13.1. The van der Waals surface area contributed by atoms with Crippen LogP contribution in [0.1, 0.15) is 5.56 Å². The molecule has 2 heterocycles. The predicted molar refractivity (Wildman–Crippen MR) is 120 cm³/mol. The lowest BCUT2D eigenvalue weighted by molar-refractivity contribution is -0.113. The van der Waals surface area contributed by atoms with Crippen molar-refractivity contribution in [1.29, 1.82) is 0 Å². The molecule has 0 aliphatic rings. The Labute approximate surface area is 181 Å². The normalized spacial score (nSPS) is 10.8. The monoisotopic (exact) mass is 436 g/mol. The van der Waals surface area contributed by atoms with E-state index in [1.165, 1.54) is 11.8 Å². The van der Waals surface area contributed by atoms with Gasteiger partial charge < -0.3 is 5.32 Å². The highest BCUT2D eigenvalue weighted by molar-refractivity contribution is 7.99. The van der Waals surface area contributed by atoms with Gasteiger partial charge in [-0.2, -0.15) is 0 Å². The van der Waals surface area contributed by atoms with E-state index >= 15 is 0 Å². The highest BCUT2D eigenvalue weighted by Gasteiger charge is 2.14. The number of pyridine rings is 1. The van der Waals surface area contributed by atoms with Crippen LogP contribution in [0.15, 0.2) is 83.0 Å². The highest BCUT2D eigenvalue weighted by Crippen LogP contribution is 2.20. The number of amides is 1. The lowest BCUT2D eigenvalue weighted by Crippen LogP contribution is -2.25. The van der Waals surface area contributed by atoms with Crippen molar-refractivity contribution in [3.05, 3.63) is 94.0 Å². The molecule has 1 amide bonds. The average molecular weight is 437 g/mol. The second-order valence-corrected chi connectivity index (χ2v) is 7.89. The van der Waals surface area contributed by atoms with E-state index in [-0.39, 0.29) is 17.2 Å². The molecule has 4 rings (SSSR count). The van der Waals surface area contributed by atoms with Crippen LogP contribution in [-0.2, 0) is 11.3 Å². The Morgan fingerprint density at radius 3 is 2.63 bits per heavy atom. The zero-order valence-electron chi connectivity index (χ0n) is 15.8. The van der Waals surface area contributed by atoms with Crippen molar-refractivity contribution in [1.82, 2.24) is 14.5 Å². The third kappa shape index (κ3) is 4.69. The summed E-state index contributed by atoms with van der Waals surface area (Å²) in [6.45, 7) is 0.325. The number of benzene rings is 2. The number of rotatable bonds is 6. The van der Waals surface area contributed by atoms with E-state index in [9.17, 15) is 9.59 Å². The van der Waals surface area contributed by atoms with Gasteiger partial charge in [0, 0.05) is 23.1 Å². The van der Waals surface area contributed by atoms with Crippen molar-refractivity contribution in [3.63, 3.8) is 0 Å². The van der Waals surface area contributed by atoms with Crippen LogP contribution >= 0.6 is 23.4 Å². The molecule has 4 aromatic rings. The van der Waals surface area contributed by atoms with Crippen LogP contribution < -0.4 is 10.9 Å². The first-order valence-electron chi connectivity index (χ1n) is 9.17. The molecule has 0 fully saturated rings. The molecule has 2 aromatic carbocycles. The molecule has 2 aromatic heterocycles. The number of nitrogens with zero attached hydrogens (tertiary/aromatic N) is 3. The number of carbonyl (C=O) groups excluding carboxylic acids is 1. The van der Waals surface area contributed by atoms with Crippen LogP contribution in [0.2, 0.25) is 5.02 Å². The number of anilines is 1. The number of para-hydroxylation sites is 1. The van der Waals surface area contributed by atoms with Crippen LogP contribution in [0.25, 0.3) is 10.9 Å². The van der Waals surface area contributed by atoms with E-state index in [1.807, 2.05) is 24.3 Å². The number of hydrogen-bond acceptors (Lipinski definition) is 5. The molecule has 0 radical (unpaired) electrons. The molecule has 150 valence electrons. The van der Waals surface area contributed by atoms with Crippen LogP contribution in [0, 0.1) is 0 Å². The Kier molecular flexibility index (Phi) is 6.11. The minimum atomic E-state index is -0.197. The van der Waals surface area contributed by atoms with Gasteiger partial charge >= 0.3 is 0 Å². The fourth-order valence-electron chi connectivity index (χ4n) is 2.93. The fraction of sp³-hybridized carbons (Fsp3) is 0.0909. The van der Waals surface area contributed by atoms with E-state index in [2.05, 4.69) is 15.3 Å². The summed E-state index contributed by atoms with van der Waals surface area (Å²) in [5, 5.41) is 4.43. The van der Waals surface area contributed by atoms with Crippen molar-refractivity contribution < 1.29 is 4.79 Å². The number of thioether (sulfide) groups is 1. The van der Waals surface area contributed by atoms with E-state index < -0.39 is 0 Å². The van der Waals surface area contributed by atoms with Gasteiger partial charge in [0.15, 0.2) is 5.16 Å². The van der Waals surface area contributed by atoms with Gasteiger partial charge in [-0.25, -0.2) is 4.98 Å². The third-order valence-corrected chi connectivity index (χ3v) is 5.58. The van der Waals surface area contributed by atoms with Crippen LogP contribution in [-0.4, -0.2) is 26.2 Å². The molecule has 0 unspecified atom stereocenters. The second-order valence-electron chi connectivity index (χ2n) is 6.51. The maximum Gasteiger partial charge on any atom is 0.262 e. The van der Waals surface area contributed by atoms with Gasteiger partial charge in [-0.3, -0.25) is 19.1 Å². The molecule has 0 saturated carbocycles. The molecule has 0 spiro atoms. The van der Waals surface area contributed by atoms with Gasteiger partial charge in [0.1, 0.15) is 0 Å². The van der Waals surface area contributed by atoms with Crippen LogP contribution in [0.5, 0.6) is 0 Å². The lowest BCUT2D eigenvalue weighted by Gasteiger charge is -2.13. The van der Waals surface area contributed by atoms with Crippen molar-refractivity contribution in [2.45, 2.75) is 11.7 Å². The van der Waals surface area contributed by atoms with Gasteiger partial charge in [0.2, 0.25) is 5.91 Å². The molecular weight excluding hydrogens is 420 g/mol. The minimum absolute atomic E-state index is 0.112. The number of hydrogen-bond donors (Lipinski definition) is 1. The first-order chi connectivity index (χ1) is 14.6. The number of carbonyl (C=O) groups is 1. The average Bonchev–Trinajstić information content (AvgIpc) is 2.77. The molecule has 6 nitrogen and oxygen atoms in total. The highest BCUT2D eigenvalue weighted by atomic mass is 35.5. The van der Waals surface area contributed by atoms with Gasteiger partial charge in [0.05, 0.1) is 23.2 Å². The summed E-state index contributed by atoms with van der Waals surface area (Å²) in [6.07, 6.45) is 3.39. The van der Waals surface area contributed by atoms with Crippen LogP contribution in [0.4, 0.5) is 5.69 Å². The molecule has 0 atom stereocenters. The first-order valence-corrected chi connectivity index (χ1v) is 10.5. The zero-order valence-corrected chi connectivity index (χ0v) is 17.4. The van der Waals surface area contributed by atoms with E-state index in [1.54, 1.807) is 53.4 Å². The molecule has 0 saturated heterocycles. The smallest absolute Gasteiger partial charge is 0.262 e. The summed E-state index contributed by atoms with van der Waals surface area (Å²) >= 11 is 7.09. The topological polar surface area (TPSA) is 76.9 Å². The number of fused-ring (bicyclic) bond motifs is 1. The van der Waals surface area contributed by atoms with Crippen LogP contribution in [0.3, 0.4) is 0 Å². The predicted octanol–water partition coefficient (Wildman–Crippen LogP) is 4.22. The van der Waals surface area contributed by atoms with E-state index in [0.717, 1.165) is 5.56 Å². The summed E-state index contributed by atoms with van der Waals surface area (Å²) < 4.78 is 1.58. The molecule has 0 aliphatic carbocycles. The first kappa shape index (κ1) is 20.1. The Morgan fingerprint density at radius 2 is 1.87 bits per heavy atom. The zero-order chi connectivity index (χ0) is 20.9. The van der Waals surface area contributed by atoms with E-state index in [4.69, 9.17) is 11.6 Å². The minimum Gasteiger partial charge on any atom is -0.325 e. The Morgan fingerprint density at radius 1 is 1.07 bits per heavy atom. The van der Waals surface area contributed by atoms with Gasteiger partial charge in [-0.05, 0) is 48.0 Å². The Balaban J connectivity index is 1.60. The molecule has 1 N–H and O–H groups in total.